The highest BCUT2D eigenvalue weighted by Gasteiger charge is 2.12. The third kappa shape index (κ3) is 3.55. The molecule has 2 aromatic carbocycles. The quantitative estimate of drug-likeness (QED) is 0.425. The lowest BCUT2D eigenvalue weighted by molar-refractivity contribution is 0.0600. The molecule has 26 heavy (non-hydrogen) atoms. The number of nitrogens with one attached hydrogen (secondary N) is 1. The number of hydrogen-bond donors (Lipinski definition) is 1. The molecule has 0 amide bonds. The number of H-pyrrole nitrogens is 1. The number of esters is 1. The van der Waals surface area contributed by atoms with E-state index in [1.807, 2.05) is 24.3 Å². The molecule has 7 nitrogen and oxygen atoms in total. The molecule has 3 rings (SSSR count). The van der Waals surface area contributed by atoms with E-state index in [2.05, 4.69) is 20.0 Å². The Labute approximate surface area is 154 Å². The Hall–Kier alpha value is -3.26. The molecule has 0 atom stereocenters. The average Bonchev–Trinajstić information content (AvgIpc) is 3.06. The van der Waals surface area contributed by atoms with Gasteiger partial charge in [-0.1, -0.05) is 24.3 Å². The predicted octanol–water partition coefficient (Wildman–Crippen LogP) is 3.29. The molecule has 0 bridgehead atoms. The van der Waals surface area contributed by atoms with Gasteiger partial charge in [-0.05, 0) is 42.0 Å². The maximum atomic E-state index is 11.5. The lowest BCUT2D eigenvalue weighted by atomic mass is 10.1. The van der Waals surface area contributed by atoms with E-state index in [9.17, 15) is 4.79 Å². The minimum absolute atomic E-state index is 0.355. The third-order valence-corrected chi connectivity index (χ3v) is 3.92. The number of carbonyl (C=O) groups is 1. The SMILES string of the molecule is COC(=O)c1ccc(C=Nn2c(-c3ccccc3OC)n[nH]c2=S)cc1. The van der Waals surface area contributed by atoms with Crippen LogP contribution in [0.2, 0.25) is 0 Å². The molecule has 0 spiro atoms. The Bertz CT molecular complexity index is 1010. The van der Waals surface area contributed by atoms with Gasteiger partial charge < -0.3 is 9.47 Å². The molecule has 1 N–H and O–H groups in total. The van der Waals surface area contributed by atoms with Gasteiger partial charge in [0.15, 0.2) is 5.82 Å². The summed E-state index contributed by atoms with van der Waals surface area (Å²) >= 11 is 5.27. The van der Waals surface area contributed by atoms with Gasteiger partial charge in [-0.25, -0.2) is 9.89 Å². The lowest BCUT2D eigenvalue weighted by Gasteiger charge is -2.06. The molecule has 0 radical (unpaired) electrons. The molecule has 8 heteroatoms. The van der Waals surface area contributed by atoms with Crippen LogP contribution in [-0.2, 0) is 4.74 Å². The van der Waals surface area contributed by atoms with Gasteiger partial charge in [-0.2, -0.15) is 14.9 Å². The standard InChI is InChI=1S/C18H16N4O3S/c1-24-15-6-4-3-5-14(15)16-20-21-18(26)22(16)19-11-12-7-9-13(10-8-12)17(23)25-2/h3-11H,1-2H3,(H,21,26). The van der Waals surface area contributed by atoms with Crippen LogP contribution in [0.15, 0.2) is 53.6 Å². The summed E-state index contributed by atoms with van der Waals surface area (Å²) in [5, 5.41) is 11.4. The first kappa shape index (κ1) is 17.6. The molecule has 0 saturated carbocycles. The number of nitrogens with zero attached hydrogens (tertiary/aromatic N) is 3. The number of ether oxygens (including phenoxy) is 2. The largest absolute Gasteiger partial charge is 0.496 e. The number of para-hydroxylation sites is 1. The zero-order valence-corrected chi connectivity index (χ0v) is 15.0. The zero-order chi connectivity index (χ0) is 18.5. The summed E-state index contributed by atoms with van der Waals surface area (Å²) in [6.45, 7) is 0. The topological polar surface area (TPSA) is 81.5 Å². The van der Waals surface area contributed by atoms with Crippen LogP contribution in [0.1, 0.15) is 15.9 Å². The molecule has 0 aliphatic heterocycles. The maximum Gasteiger partial charge on any atom is 0.337 e. The fourth-order valence-electron chi connectivity index (χ4n) is 2.35. The summed E-state index contributed by atoms with van der Waals surface area (Å²) in [4.78, 5) is 11.5. The number of aromatic nitrogens is 3. The first-order chi connectivity index (χ1) is 12.6. The Morgan fingerprint density at radius 3 is 2.62 bits per heavy atom. The van der Waals surface area contributed by atoms with Gasteiger partial charge in [0.1, 0.15) is 5.75 Å². The Kier molecular flexibility index (Phi) is 5.23. The lowest BCUT2D eigenvalue weighted by Crippen LogP contribution is -2.01. The molecular formula is C18H16N4O3S. The summed E-state index contributed by atoms with van der Waals surface area (Å²) < 4.78 is 11.9. The van der Waals surface area contributed by atoms with Crippen LogP contribution in [0.5, 0.6) is 5.75 Å². The molecule has 0 aliphatic rings. The summed E-state index contributed by atoms with van der Waals surface area (Å²) in [7, 11) is 2.94. The highest BCUT2D eigenvalue weighted by Crippen LogP contribution is 2.28. The minimum atomic E-state index is -0.385. The Balaban J connectivity index is 1.94. The van der Waals surface area contributed by atoms with Crippen molar-refractivity contribution in [3.05, 3.63) is 64.4 Å². The maximum absolute atomic E-state index is 11.5. The second-order valence-corrected chi connectivity index (χ2v) is 5.61. The van der Waals surface area contributed by atoms with Crippen LogP contribution in [0.3, 0.4) is 0 Å². The number of carbonyl (C=O) groups excluding carboxylic acids is 1. The van der Waals surface area contributed by atoms with Crippen molar-refractivity contribution in [2.45, 2.75) is 0 Å². The van der Waals surface area contributed by atoms with Crippen molar-refractivity contribution in [3.8, 4) is 17.1 Å². The normalized spacial score (nSPS) is 10.8. The van der Waals surface area contributed by atoms with E-state index in [1.165, 1.54) is 11.8 Å². The second-order valence-electron chi connectivity index (χ2n) is 5.22. The van der Waals surface area contributed by atoms with Crippen molar-refractivity contribution in [1.29, 1.82) is 0 Å². The summed E-state index contributed by atoms with van der Waals surface area (Å²) in [5.41, 5.74) is 2.03. The van der Waals surface area contributed by atoms with Gasteiger partial charge in [0.2, 0.25) is 4.77 Å². The van der Waals surface area contributed by atoms with Gasteiger partial charge in [0.25, 0.3) is 0 Å². The fourth-order valence-corrected chi connectivity index (χ4v) is 2.53. The van der Waals surface area contributed by atoms with Crippen molar-refractivity contribution in [3.63, 3.8) is 0 Å². The average molecular weight is 368 g/mol. The number of hydrogen-bond acceptors (Lipinski definition) is 6. The van der Waals surface area contributed by atoms with Gasteiger partial charge in [-0.3, -0.25) is 0 Å². The van der Waals surface area contributed by atoms with Gasteiger partial charge >= 0.3 is 5.97 Å². The third-order valence-electron chi connectivity index (χ3n) is 3.65. The van der Waals surface area contributed by atoms with Crippen molar-refractivity contribution in [2.75, 3.05) is 14.2 Å². The molecule has 132 valence electrons. The van der Waals surface area contributed by atoms with Crippen LogP contribution < -0.4 is 4.74 Å². The molecular weight excluding hydrogens is 352 g/mol. The summed E-state index contributed by atoms with van der Waals surface area (Å²) in [6, 6.07) is 14.3. The first-order valence-corrected chi connectivity index (χ1v) is 8.08. The van der Waals surface area contributed by atoms with Gasteiger partial charge in [0.05, 0.1) is 31.6 Å². The molecule has 0 aliphatic carbocycles. The second kappa shape index (κ2) is 7.75. The van der Waals surface area contributed by atoms with Crippen LogP contribution in [0, 0.1) is 4.77 Å². The minimum Gasteiger partial charge on any atom is -0.496 e. The van der Waals surface area contributed by atoms with Crippen LogP contribution in [-0.4, -0.2) is 41.3 Å². The van der Waals surface area contributed by atoms with E-state index in [-0.39, 0.29) is 5.97 Å². The van der Waals surface area contributed by atoms with Crippen molar-refractivity contribution >= 4 is 24.4 Å². The van der Waals surface area contributed by atoms with Gasteiger partial charge in [-0.15, -0.1) is 0 Å². The smallest absolute Gasteiger partial charge is 0.337 e. The Morgan fingerprint density at radius 1 is 1.19 bits per heavy atom. The molecule has 1 aromatic heterocycles. The van der Waals surface area contributed by atoms with Crippen LogP contribution >= 0.6 is 12.2 Å². The molecule has 0 fully saturated rings. The summed E-state index contributed by atoms with van der Waals surface area (Å²) in [6.07, 6.45) is 1.63. The van der Waals surface area contributed by atoms with Crippen molar-refractivity contribution < 1.29 is 14.3 Å². The predicted molar refractivity (Wildman–Crippen MR) is 100 cm³/mol. The highest BCUT2D eigenvalue weighted by atomic mass is 32.1. The van der Waals surface area contributed by atoms with Crippen molar-refractivity contribution in [1.82, 2.24) is 14.9 Å². The van der Waals surface area contributed by atoms with E-state index in [1.54, 1.807) is 37.6 Å². The molecule has 3 aromatic rings. The molecule has 0 saturated heterocycles. The number of methoxy groups -OCH3 is 2. The Morgan fingerprint density at radius 2 is 1.92 bits per heavy atom. The van der Waals surface area contributed by atoms with E-state index < -0.39 is 0 Å². The number of rotatable bonds is 5. The monoisotopic (exact) mass is 368 g/mol. The molecule has 0 unspecified atom stereocenters. The number of benzene rings is 2. The number of aromatic amines is 1. The summed E-state index contributed by atoms with van der Waals surface area (Å²) in [5.74, 6) is 0.819. The van der Waals surface area contributed by atoms with Crippen LogP contribution in [0.25, 0.3) is 11.4 Å². The van der Waals surface area contributed by atoms with Gasteiger partial charge in [0, 0.05) is 0 Å². The van der Waals surface area contributed by atoms with Crippen molar-refractivity contribution in [2.24, 2.45) is 5.10 Å². The van der Waals surface area contributed by atoms with E-state index in [0.29, 0.717) is 21.9 Å². The van der Waals surface area contributed by atoms with E-state index >= 15 is 0 Å². The molecule has 1 heterocycles. The highest BCUT2D eigenvalue weighted by molar-refractivity contribution is 7.71. The van der Waals surface area contributed by atoms with E-state index in [4.69, 9.17) is 17.0 Å². The first-order valence-electron chi connectivity index (χ1n) is 7.67. The fraction of sp³-hybridized carbons (Fsp3) is 0.111. The zero-order valence-electron chi connectivity index (χ0n) is 14.2. The van der Waals surface area contributed by atoms with E-state index in [0.717, 1.165) is 11.1 Å². The van der Waals surface area contributed by atoms with Crippen LogP contribution in [0.4, 0.5) is 0 Å².